The van der Waals surface area contributed by atoms with E-state index in [9.17, 15) is 19.5 Å². The fourth-order valence-corrected chi connectivity index (χ4v) is 5.45. The summed E-state index contributed by atoms with van der Waals surface area (Å²) in [5.74, 6) is -2.12. The summed E-state index contributed by atoms with van der Waals surface area (Å²) >= 11 is 2.64. The van der Waals surface area contributed by atoms with Gasteiger partial charge in [0.2, 0.25) is 11.6 Å². The van der Waals surface area contributed by atoms with E-state index >= 15 is 0 Å². The number of amides is 2. The first kappa shape index (κ1) is 24.4. The molecule has 0 radical (unpaired) electrons. The van der Waals surface area contributed by atoms with E-state index in [-0.39, 0.29) is 18.2 Å². The smallest absolute Gasteiger partial charge is 0.271 e. The maximum absolute atomic E-state index is 13.5. The highest BCUT2D eigenvalue weighted by molar-refractivity contribution is 7.99. The Bertz CT molecular complexity index is 955. The number of thioether (sulfide) groups is 1. The number of nitrogens with one attached hydrogen (secondary N) is 1. The summed E-state index contributed by atoms with van der Waals surface area (Å²) in [7, 11) is 0. The van der Waals surface area contributed by atoms with Crippen LogP contribution in [0.25, 0.3) is 0 Å². The number of nitrogens with two attached hydrogens (primary N) is 1. The van der Waals surface area contributed by atoms with Crippen molar-refractivity contribution in [1.29, 1.82) is 0 Å². The molecule has 2 aromatic rings. The molecular weight excluding hydrogens is 446 g/mol. The second-order valence-electron chi connectivity index (χ2n) is 8.94. The lowest BCUT2D eigenvalue weighted by Gasteiger charge is -2.36. The summed E-state index contributed by atoms with van der Waals surface area (Å²) in [5.41, 5.74) is 4.07. The van der Waals surface area contributed by atoms with Gasteiger partial charge in [0.1, 0.15) is 6.04 Å². The van der Waals surface area contributed by atoms with Crippen LogP contribution in [0.5, 0.6) is 0 Å². The third kappa shape index (κ3) is 5.58. The van der Waals surface area contributed by atoms with Crippen LogP contribution in [0.2, 0.25) is 0 Å². The van der Waals surface area contributed by atoms with E-state index in [1.165, 1.54) is 28.0 Å². The van der Waals surface area contributed by atoms with Crippen LogP contribution in [0.15, 0.2) is 47.8 Å². The Morgan fingerprint density at radius 3 is 2.47 bits per heavy atom. The van der Waals surface area contributed by atoms with Crippen molar-refractivity contribution in [3.05, 3.63) is 58.3 Å². The average molecular weight is 476 g/mol. The van der Waals surface area contributed by atoms with Crippen molar-refractivity contribution < 1.29 is 19.5 Å². The first-order valence-corrected chi connectivity index (χ1v) is 12.4. The number of benzene rings is 1. The van der Waals surface area contributed by atoms with Gasteiger partial charge < -0.3 is 15.3 Å². The molecular formula is C23H29N3O4S2. The van der Waals surface area contributed by atoms with E-state index in [4.69, 9.17) is 5.73 Å². The lowest BCUT2D eigenvalue weighted by molar-refractivity contribution is -0.158. The fraction of sp³-hybridized carbons (Fsp3) is 0.435. The maximum atomic E-state index is 13.5. The molecule has 1 aliphatic heterocycles. The maximum Gasteiger partial charge on any atom is 0.271 e. The summed E-state index contributed by atoms with van der Waals surface area (Å²) in [5, 5.41) is 15.9. The Hall–Kier alpha value is -2.20. The molecule has 3 rings (SSSR count). The number of thiophene rings is 1. The quantitative estimate of drug-likeness (QED) is 0.418. The normalized spacial score (nSPS) is 19.3. The van der Waals surface area contributed by atoms with Crippen molar-refractivity contribution in [2.24, 2.45) is 11.7 Å². The van der Waals surface area contributed by atoms with Crippen LogP contribution in [-0.2, 0) is 16.0 Å². The zero-order valence-corrected chi connectivity index (χ0v) is 20.0. The fourth-order valence-electron chi connectivity index (χ4n) is 3.58. The molecule has 0 spiro atoms. The number of nitrogens with zero attached hydrogens (tertiary/aromatic N) is 1. The van der Waals surface area contributed by atoms with Crippen molar-refractivity contribution in [3.8, 4) is 0 Å². The lowest BCUT2D eigenvalue weighted by atomic mass is 9.84. The minimum atomic E-state index is -2.47. The lowest BCUT2D eigenvalue weighted by Crippen LogP contribution is -2.64. The predicted octanol–water partition coefficient (Wildman–Crippen LogP) is 2.25. The van der Waals surface area contributed by atoms with Gasteiger partial charge in [-0.3, -0.25) is 20.1 Å². The van der Waals surface area contributed by atoms with Gasteiger partial charge in [0.25, 0.3) is 5.91 Å². The molecule has 1 unspecified atom stereocenters. The van der Waals surface area contributed by atoms with E-state index in [2.05, 4.69) is 5.32 Å². The van der Waals surface area contributed by atoms with Crippen molar-refractivity contribution in [2.45, 2.75) is 44.5 Å². The monoisotopic (exact) mass is 475 g/mol. The summed E-state index contributed by atoms with van der Waals surface area (Å²) in [6.07, 6.45) is 0.0934. The molecule has 32 heavy (non-hydrogen) atoms. The molecule has 172 valence electrons. The van der Waals surface area contributed by atoms with Gasteiger partial charge in [-0.25, -0.2) is 0 Å². The van der Waals surface area contributed by atoms with Crippen LogP contribution < -0.4 is 11.1 Å². The summed E-state index contributed by atoms with van der Waals surface area (Å²) in [4.78, 5) is 41.2. The zero-order valence-electron chi connectivity index (χ0n) is 18.4. The van der Waals surface area contributed by atoms with E-state index in [1.54, 1.807) is 17.5 Å². The molecule has 1 aromatic carbocycles. The Morgan fingerprint density at radius 1 is 1.19 bits per heavy atom. The molecule has 1 fully saturated rings. The van der Waals surface area contributed by atoms with Gasteiger partial charge in [0, 0.05) is 11.3 Å². The van der Waals surface area contributed by atoms with Crippen LogP contribution in [-0.4, -0.2) is 56.5 Å². The summed E-state index contributed by atoms with van der Waals surface area (Å²) in [6, 6.07) is 11.7. The molecule has 1 saturated heterocycles. The Kier molecular flexibility index (Phi) is 7.44. The van der Waals surface area contributed by atoms with Gasteiger partial charge in [0.05, 0.1) is 16.7 Å². The minimum absolute atomic E-state index is 0.0934. The second-order valence-corrected chi connectivity index (χ2v) is 10.9. The van der Waals surface area contributed by atoms with Crippen LogP contribution in [0.4, 0.5) is 0 Å². The molecule has 1 aromatic heterocycles. The average Bonchev–Trinajstić information content (AvgIpc) is 3.42. The molecule has 3 atom stereocenters. The van der Waals surface area contributed by atoms with Gasteiger partial charge in [-0.1, -0.05) is 36.4 Å². The molecule has 0 saturated carbocycles. The van der Waals surface area contributed by atoms with Crippen molar-refractivity contribution >= 4 is 40.7 Å². The largest absolute Gasteiger partial charge is 0.367 e. The van der Waals surface area contributed by atoms with Gasteiger partial charge in [-0.05, 0) is 44.2 Å². The number of hydrogen-bond donors (Lipinski definition) is 3. The highest BCUT2D eigenvalue weighted by Crippen LogP contribution is 2.30. The summed E-state index contributed by atoms with van der Waals surface area (Å²) in [6.45, 7) is 5.57. The molecule has 0 aliphatic carbocycles. The number of carbonyl (C=O) groups is 3. The zero-order chi connectivity index (χ0) is 23.5. The molecule has 7 nitrogen and oxygen atoms in total. The third-order valence-corrected chi connectivity index (χ3v) is 7.08. The van der Waals surface area contributed by atoms with Crippen molar-refractivity contribution in [1.82, 2.24) is 10.2 Å². The van der Waals surface area contributed by atoms with E-state index < -0.39 is 34.9 Å². The molecule has 1 aliphatic rings. The number of Topliss-reactive ketones (excluding diaryl/α,β-unsaturated/α-hetero) is 1. The predicted molar refractivity (Wildman–Crippen MR) is 127 cm³/mol. The second kappa shape index (κ2) is 9.74. The number of aliphatic hydroxyl groups is 1. The Morgan fingerprint density at radius 2 is 1.88 bits per heavy atom. The first-order valence-electron chi connectivity index (χ1n) is 10.3. The van der Waals surface area contributed by atoms with Crippen LogP contribution in [0, 0.1) is 5.92 Å². The van der Waals surface area contributed by atoms with Gasteiger partial charge in [0.15, 0.2) is 5.78 Å². The van der Waals surface area contributed by atoms with Crippen molar-refractivity contribution in [2.75, 3.05) is 11.6 Å². The van der Waals surface area contributed by atoms with Crippen LogP contribution >= 0.6 is 23.1 Å². The molecule has 2 amide bonds. The van der Waals surface area contributed by atoms with E-state index in [0.29, 0.717) is 10.6 Å². The van der Waals surface area contributed by atoms with Gasteiger partial charge in [-0.2, -0.15) is 0 Å². The first-order chi connectivity index (χ1) is 15.0. The van der Waals surface area contributed by atoms with E-state index in [1.807, 2.05) is 51.1 Å². The SMILES string of the molecule is CC(C)(C)NC(=O)C1CSCN1C(=O)[C@@](N)(O)[C@H](Cc1ccccc1)C(=O)c1cccs1. The topological polar surface area (TPSA) is 113 Å². The highest BCUT2D eigenvalue weighted by atomic mass is 32.2. The molecule has 9 heteroatoms. The number of ketones is 1. The molecule has 0 bridgehead atoms. The highest BCUT2D eigenvalue weighted by Gasteiger charge is 2.50. The molecule has 2 heterocycles. The third-order valence-electron chi connectivity index (χ3n) is 5.18. The number of hydrogen-bond acceptors (Lipinski definition) is 7. The van der Waals surface area contributed by atoms with Crippen molar-refractivity contribution in [3.63, 3.8) is 0 Å². The number of carbonyl (C=O) groups excluding carboxylic acids is 3. The minimum Gasteiger partial charge on any atom is -0.367 e. The Balaban J connectivity index is 1.90. The summed E-state index contributed by atoms with van der Waals surface area (Å²) < 4.78 is 0. The Labute approximate surface area is 196 Å². The molecule has 4 N–H and O–H groups in total. The number of rotatable bonds is 7. The van der Waals surface area contributed by atoms with Gasteiger partial charge >= 0.3 is 0 Å². The van der Waals surface area contributed by atoms with Gasteiger partial charge in [-0.15, -0.1) is 23.1 Å². The van der Waals surface area contributed by atoms with Crippen LogP contribution in [0.1, 0.15) is 36.0 Å². The van der Waals surface area contributed by atoms with Crippen LogP contribution in [0.3, 0.4) is 0 Å². The standard InChI is InChI=1S/C23H29N3O4S2/c1-22(2,3)25-20(28)17-13-31-14-26(17)21(29)23(24,30)16(12-15-8-5-4-6-9-15)19(27)18-10-7-11-32-18/h4-11,16-17,30H,12-14,24H2,1-3H3,(H,25,28)/t16-,17?,23+/m1/s1. The van der Waals surface area contributed by atoms with E-state index in [0.717, 1.165) is 5.56 Å².